The van der Waals surface area contributed by atoms with Crippen LogP contribution in [0.2, 0.25) is 0 Å². The second kappa shape index (κ2) is 9.03. The molecular formula is C14F14O4. The molecule has 0 heterocycles. The summed E-state index contributed by atoms with van der Waals surface area (Å²) in [6, 6.07) is 0. The van der Waals surface area contributed by atoms with E-state index in [9.17, 15) is 71.1 Å². The maximum Gasteiger partial charge on any atom is 0.455 e. The number of alkyl halides is 6. The third-order valence-corrected chi connectivity index (χ3v) is 2.92. The average Bonchev–Trinajstić information content (AvgIpc) is 2.60. The molecule has 0 fully saturated rings. The summed E-state index contributed by atoms with van der Waals surface area (Å²) in [5, 5.41) is 0. The van der Waals surface area contributed by atoms with Gasteiger partial charge < -0.3 is 9.47 Å². The molecule has 32 heavy (non-hydrogen) atoms. The maximum absolute atomic E-state index is 13.8. The molecule has 0 aromatic heterocycles. The minimum atomic E-state index is -6.15. The summed E-state index contributed by atoms with van der Waals surface area (Å²) in [5.74, 6) is -25.7. The zero-order valence-corrected chi connectivity index (χ0v) is 13.9. The van der Waals surface area contributed by atoms with Gasteiger partial charge >= 0.3 is 36.5 Å². The number of rotatable bonds is 4. The van der Waals surface area contributed by atoms with Gasteiger partial charge in [0, 0.05) is 0 Å². The molecule has 0 N–H and O–H groups in total. The summed E-state index contributed by atoms with van der Waals surface area (Å²) in [6.45, 7) is 0. The van der Waals surface area contributed by atoms with E-state index in [-0.39, 0.29) is 0 Å². The minimum Gasteiger partial charge on any atom is -0.412 e. The van der Waals surface area contributed by atoms with E-state index in [4.69, 9.17) is 0 Å². The largest absolute Gasteiger partial charge is 0.455 e. The van der Waals surface area contributed by atoms with Crippen LogP contribution in [0, 0.1) is 23.3 Å². The van der Waals surface area contributed by atoms with E-state index in [1.807, 2.05) is 0 Å². The Morgan fingerprint density at radius 1 is 0.531 bits per heavy atom. The summed E-state index contributed by atoms with van der Waals surface area (Å²) in [7, 11) is 0. The van der Waals surface area contributed by atoms with Gasteiger partial charge in [0.2, 0.25) is 0 Å². The zero-order chi connectivity index (χ0) is 25.3. The Morgan fingerprint density at radius 2 is 0.750 bits per heavy atom. The lowest BCUT2D eigenvalue weighted by molar-refractivity contribution is -0.128. The molecule has 0 aliphatic rings. The van der Waals surface area contributed by atoms with Crippen LogP contribution in [0.25, 0.3) is 0 Å². The molecule has 0 atom stereocenters. The first-order valence-corrected chi connectivity index (χ1v) is 6.87. The van der Waals surface area contributed by atoms with Crippen molar-refractivity contribution in [1.82, 2.24) is 0 Å². The summed E-state index contributed by atoms with van der Waals surface area (Å²) in [5.41, 5.74) is -5.55. The van der Waals surface area contributed by atoms with Crippen LogP contribution in [0.4, 0.5) is 61.5 Å². The molecule has 178 valence electrons. The highest BCUT2D eigenvalue weighted by atomic mass is 19.4. The van der Waals surface area contributed by atoms with Crippen molar-refractivity contribution in [3.8, 4) is 0 Å². The van der Waals surface area contributed by atoms with Gasteiger partial charge in [-0.05, 0) is 0 Å². The fraction of sp³-hybridized carbons (Fsp3) is 0.143. The van der Waals surface area contributed by atoms with Crippen molar-refractivity contribution in [2.75, 3.05) is 0 Å². The summed E-state index contributed by atoms with van der Waals surface area (Å²) in [4.78, 5) is 22.7. The maximum atomic E-state index is 13.8. The Balaban J connectivity index is 3.56. The number of allylic oxidation sites excluding steroid dienone is 2. The van der Waals surface area contributed by atoms with Gasteiger partial charge in [0.15, 0.2) is 23.3 Å². The lowest BCUT2D eigenvalue weighted by Gasteiger charge is -2.14. The van der Waals surface area contributed by atoms with Crippen molar-refractivity contribution < 1.29 is 80.5 Å². The van der Waals surface area contributed by atoms with Crippen molar-refractivity contribution in [2.45, 2.75) is 12.4 Å². The first-order valence-electron chi connectivity index (χ1n) is 6.87. The predicted octanol–water partition coefficient (Wildman–Crippen LogP) is 5.90. The Morgan fingerprint density at radius 3 is 0.906 bits per heavy atom. The molecule has 0 saturated carbocycles. The first kappa shape index (κ1) is 26.7. The second-order valence-electron chi connectivity index (χ2n) is 4.96. The summed E-state index contributed by atoms with van der Waals surface area (Å²) in [6.07, 6.45) is -19.8. The van der Waals surface area contributed by atoms with Gasteiger partial charge in [0.1, 0.15) is 11.1 Å². The van der Waals surface area contributed by atoms with Gasteiger partial charge in [0.05, 0.1) is 0 Å². The quantitative estimate of drug-likeness (QED) is 0.225. The number of hydrogen-bond acceptors (Lipinski definition) is 4. The molecule has 1 aromatic carbocycles. The highest BCUT2D eigenvalue weighted by molar-refractivity contribution is 5.95. The molecule has 0 aliphatic heterocycles. The van der Waals surface area contributed by atoms with Crippen molar-refractivity contribution in [3.05, 3.63) is 58.1 Å². The fourth-order valence-corrected chi connectivity index (χ4v) is 1.68. The number of halogens is 14. The summed E-state index contributed by atoms with van der Waals surface area (Å²) < 4.78 is 184. The Labute approximate surface area is 164 Å². The van der Waals surface area contributed by atoms with Crippen LogP contribution in [0.15, 0.2) is 23.7 Å². The number of ether oxygens (including phenoxy) is 2. The first-order chi connectivity index (χ1) is 14.3. The molecule has 18 heteroatoms. The number of carbonyl (C=O) groups is 2. The Bertz CT molecular complexity index is 900. The fourth-order valence-electron chi connectivity index (χ4n) is 1.68. The number of benzene rings is 1. The van der Waals surface area contributed by atoms with Crippen LogP contribution < -0.4 is 0 Å². The zero-order valence-electron chi connectivity index (χ0n) is 13.9. The van der Waals surface area contributed by atoms with Gasteiger partial charge in [-0.1, -0.05) is 0 Å². The predicted molar refractivity (Wildman–Crippen MR) is 67.7 cm³/mol. The van der Waals surface area contributed by atoms with Crippen molar-refractivity contribution >= 4 is 11.9 Å². The minimum absolute atomic E-state index is 2.78. The Kier molecular flexibility index (Phi) is 7.53. The molecular weight excluding hydrogens is 498 g/mol. The second-order valence-corrected chi connectivity index (χ2v) is 4.96. The number of carbonyl (C=O) groups excluding carboxylic acids is 2. The van der Waals surface area contributed by atoms with E-state index in [0.717, 1.165) is 0 Å². The smallest absolute Gasteiger partial charge is 0.412 e. The van der Waals surface area contributed by atoms with Crippen molar-refractivity contribution in [3.63, 3.8) is 0 Å². The van der Waals surface area contributed by atoms with Crippen molar-refractivity contribution in [1.29, 1.82) is 0 Å². The number of hydrogen-bond donors (Lipinski definition) is 0. The molecule has 4 nitrogen and oxygen atoms in total. The van der Waals surface area contributed by atoms with E-state index < -0.39 is 82.4 Å². The van der Waals surface area contributed by atoms with E-state index in [1.165, 1.54) is 0 Å². The molecule has 0 amide bonds. The topological polar surface area (TPSA) is 52.6 Å². The van der Waals surface area contributed by atoms with Gasteiger partial charge in [-0.25, -0.2) is 27.2 Å². The van der Waals surface area contributed by atoms with Crippen LogP contribution in [-0.4, -0.2) is 24.3 Å². The van der Waals surface area contributed by atoms with Crippen LogP contribution in [0.5, 0.6) is 0 Å². The average molecular weight is 498 g/mol. The highest BCUT2D eigenvalue weighted by Gasteiger charge is 2.45. The van der Waals surface area contributed by atoms with Gasteiger partial charge in [-0.3, -0.25) is 0 Å². The summed E-state index contributed by atoms with van der Waals surface area (Å²) >= 11 is 0. The number of esters is 2. The third-order valence-electron chi connectivity index (χ3n) is 2.92. The third kappa shape index (κ3) is 5.47. The molecule has 0 spiro atoms. The van der Waals surface area contributed by atoms with E-state index in [0.29, 0.717) is 0 Å². The van der Waals surface area contributed by atoms with E-state index >= 15 is 0 Å². The van der Waals surface area contributed by atoms with Gasteiger partial charge in [0.25, 0.3) is 11.5 Å². The highest BCUT2D eigenvalue weighted by Crippen LogP contribution is 2.34. The van der Waals surface area contributed by atoms with Gasteiger partial charge in [-0.2, -0.15) is 43.9 Å². The molecule has 1 rings (SSSR count). The van der Waals surface area contributed by atoms with E-state index in [1.54, 1.807) is 0 Å². The molecule has 0 saturated heterocycles. The van der Waals surface area contributed by atoms with Gasteiger partial charge in [-0.15, -0.1) is 0 Å². The molecule has 0 radical (unpaired) electrons. The molecule has 1 aromatic rings. The molecule has 0 bridgehead atoms. The Hall–Kier alpha value is -3.34. The lowest BCUT2D eigenvalue weighted by atomic mass is 10.1. The van der Waals surface area contributed by atoms with Crippen LogP contribution >= 0.6 is 0 Å². The SMILES string of the molecule is O=C(OC(=C(F)F)C(F)(F)F)c1c(F)c(F)c(C(=O)OC(=C(F)F)C(F)(F)F)c(F)c1F. The van der Waals surface area contributed by atoms with E-state index in [2.05, 4.69) is 9.47 Å². The lowest BCUT2D eigenvalue weighted by Crippen LogP contribution is -2.24. The van der Waals surface area contributed by atoms with Crippen molar-refractivity contribution in [2.24, 2.45) is 0 Å². The molecule has 0 aliphatic carbocycles. The standard InChI is InChI=1S/C14F14O4/c15-3-1(11(29)31-7(9(19)20)13(23,24)25)4(16)6(18)2(5(3)17)12(30)32-8(10(21)22)14(26,27)28. The van der Waals surface area contributed by atoms with Crippen LogP contribution in [0.1, 0.15) is 20.7 Å². The normalized spacial score (nSPS) is 11.7. The monoisotopic (exact) mass is 498 g/mol. The van der Waals surface area contributed by atoms with Crippen LogP contribution in [-0.2, 0) is 9.47 Å². The van der Waals surface area contributed by atoms with Crippen LogP contribution in [0.3, 0.4) is 0 Å². The molecule has 0 unspecified atom stereocenters.